The number of hydrogen-bond donors (Lipinski definition) is 1. The minimum atomic E-state index is -0.224. The van der Waals surface area contributed by atoms with E-state index in [2.05, 4.69) is 37.8 Å². The topological polar surface area (TPSA) is 37.8 Å². The minimum Gasteiger partial charge on any atom is -0.308 e. The van der Waals surface area contributed by atoms with Crippen molar-refractivity contribution in [2.75, 3.05) is 7.05 Å². The van der Waals surface area contributed by atoms with Gasteiger partial charge in [0.1, 0.15) is 5.82 Å². The maximum absolute atomic E-state index is 14.0. The van der Waals surface area contributed by atoms with E-state index in [1.54, 1.807) is 12.1 Å². The molecule has 1 atom stereocenters. The summed E-state index contributed by atoms with van der Waals surface area (Å²) < 4.78 is 18.9. The van der Waals surface area contributed by atoms with E-state index >= 15 is 0 Å². The van der Waals surface area contributed by atoms with Gasteiger partial charge in [-0.25, -0.2) is 4.39 Å². The molecule has 2 aromatic rings. The van der Waals surface area contributed by atoms with Gasteiger partial charge in [-0.2, -0.15) is 0 Å². The first-order valence-electron chi connectivity index (χ1n) is 6.10. The Bertz CT molecular complexity index is 559. The summed E-state index contributed by atoms with van der Waals surface area (Å²) in [6.07, 6.45) is 1.86. The number of nitrogens with zero attached hydrogens (tertiary/aromatic N) is 2. The molecule has 102 valence electrons. The third-order valence-electron chi connectivity index (χ3n) is 2.89. The fraction of sp³-hybridized carbons (Fsp3) is 0.385. The van der Waals surface area contributed by atoms with Crippen LogP contribution in [-0.4, -0.2) is 16.6 Å². The summed E-state index contributed by atoms with van der Waals surface area (Å²) in [5.74, 6) is -0.224. The van der Waals surface area contributed by atoms with Crippen LogP contribution in [0.4, 0.5) is 4.39 Å². The third-order valence-corrected chi connectivity index (χ3v) is 4.22. The molecule has 1 heterocycles. The van der Waals surface area contributed by atoms with Gasteiger partial charge in [0, 0.05) is 10.0 Å². The molecule has 1 aromatic carbocycles. The maximum Gasteiger partial charge on any atom is 0.128 e. The molecule has 0 amide bonds. The molecule has 0 fully saturated rings. The van der Waals surface area contributed by atoms with Gasteiger partial charge in [0.2, 0.25) is 0 Å². The lowest BCUT2D eigenvalue weighted by Gasteiger charge is -2.17. The maximum atomic E-state index is 14.0. The van der Waals surface area contributed by atoms with E-state index in [0.29, 0.717) is 5.56 Å². The fourth-order valence-corrected chi connectivity index (χ4v) is 3.21. The van der Waals surface area contributed by atoms with E-state index < -0.39 is 0 Å². The quantitative estimate of drug-likeness (QED) is 0.899. The lowest BCUT2D eigenvalue weighted by Crippen LogP contribution is -2.19. The van der Waals surface area contributed by atoms with Gasteiger partial charge in [0.25, 0.3) is 0 Å². The molecule has 3 nitrogen and oxygen atoms in total. The molecule has 0 saturated carbocycles. The SMILES string of the molecule is CCCc1nnsc1C(NC)c1cc(Br)ccc1F. The zero-order valence-corrected chi connectivity index (χ0v) is 13.2. The molecule has 6 heteroatoms. The number of aryl methyl sites for hydroxylation is 1. The van der Waals surface area contributed by atoms with Crippen molar-refractivity contribution >= 4 is 27.5 Å². The molecular formula is C13H15BrFN3S. The first-order chi connectivity index (χ1) is 9.17. The lowest BCUT2D eigenvalue weighted by molar-refractivity contribution is 0.576. The Balaban J connectivity index is 2.44. The first kappa shape index (κ1) is 14.6. The Hall–Kier alpha value is -0.850. The number of halogens is 2. The van der Waals surface area contributed by atoms with Crippen molar-refractivity contribution < 1.29 is 4.39 Å². The van der Waals surface area contributed by atoms with E-state index in [1.807, 2.05) is 7.05 Å². The van der Waals surface area contributed by atoms with Crippen molar-refractivity contribution in [2.45, 2.75) is 25.8 Å². The van der Waals surface area contributed by atoms with Crippen molar-refractivity contribution in [3.8, 4) is 0 Å². The summed E-state index contributed by atoms with van der Waals surface area (Å²) in [6, 6.07) is 4.76. The van der Waals surface area contributed by atoms with Crippen LogP contribution in [0.5, 0.6) is 0 Å². The summed E-state index contributed by atoms with van der Waals surface area (Å²) in [6.45, 7) is 2.09. The van der Waals surface area contributed by atoms with Gasteiger partial charge in [-0.05, 0) is 43.2 Å². The van der Waals surface area contributed by atoms with Crippen molar-refractivity contribution in [2.24, 2.45) is 0 Å². The summed E-state index contributed by atoms with van der Waals surface area (Å²) in [5.41, 5.74) is 1.56. The second-order valence-corrected chi connectivity index (χ2v) is 5.92. The van der Waals surface area contributed by atoms with Crippen LogP contribution in [0.1, 0.15) is 35.5 Å². The van der Waals surface area contributed by atoms with Gasteiger partial charge >= 0.3 is 0 Å². The normalized spacial score (nSPS) is 12.6. The van der Waals surface area contributed by atoms with Crippen molar-refractivity contribution in [3.63, 3.8) is 0 Å². The molecule has 0 aliphatic rings. The molecule has 0 radical (unpaired) electrons. The summed E-state index contributed by atoms with van der Waals surface area (Å²) in [5, 5.41) is 7.30. The Morgan fingerprint density at radius 2 is 2.26 bits per heavy atom. The monoisotopic (exact) mass is 343 g/mol. The molecule has 2 rings (SSSR count). The zero-order chi connectivity index (χ0) is 13.8. The molecule has 1 unspecified atom stereocenters. The molecule has 1 N–H and O–H groups in total. The number of rotatable bonds is 5. The standard InChI is InChI=1S/C13H15BrFN3S/c1-3-4-11-13(19-18-17-11)12(16-2)9-7-8(14)5-6-10(9)15/h5-7,12,16H,3-4H2,1-2H3. The Kier molecular flexibility index (Phi) is 5.01. The number of aromatic nitrogens is 2. The van der Waals surface area contributed by atoms with Crippen molar-refractivity contribution in [1.29, 1.82) is 0 Å². The van der Waals surface area contributed by atoms with E-state index in [9.17, 15) is 4.39 Å². The van der Waals surface area contributed by atoms with Gasteiger partial charge < -0.3 is 5.32 Å². The molecule has 0 aliphatic heterocycles. The van der Waals surface area contributed by atoms with Gasteiger partial charge in [-0.1, -0.05) is 33.8 Å². The molecule has 0 spiro atoms. The number of nitrogens with one attached hydrogen (secondary N) is 1. The average molecular weight is 344 g/mol. The highest BCUT2D eigenvalue weighted by Crippen LogP contribution is 2.30. The Morgan fingerprint density at radius 3 is 2.95 bits per heavy atom. The second kappa shape index (κ2) is 6.54. The number of benzene rings is 1. The molecule has 0 aliphatic carbocycles. The van der Waals surface area contributed by atoms with Crippen LogP contribution in [0.3, 0.4) is 0 Å². The van der Waals surface area contributed by atoms with Crippen LogP contribution in [-0.2, 0) is 6.42 Å². The highest BCUT2D eigenvalue weighted by atomic mass is 79.9. The summed E-state index contributed by atoms with van der Waals surface area (Å²) in [7, 11) is 1.82. The minimum absolute atomic E-state index is 0.209. The number of hydrogen-bond acceptors (Lipinski definition) is 4. The van der Waals surface area contributed by atoms with Crippen LogP contribution >= 0.6 is 27.5 Å². The average Bonchev–Trinajstić information content (AvgIpc) is 2.83. The van der Waals surface area contributed by atoms with E-state index in [4.69, 9.17) is 0 Å². The molecule has 19 heavy (non-hydrogen) atoms. The second-order valence-electron chi connectivity index (χ2n) is 4.22. The molecular weight excluding hydrogens is 329 g/mol. The summed E-state index contributed by atoms with van der Waals surface area (Å²) in [4.78, 5) is 0.987. The predicted octanol–water partition coefficient (Wildman–Crippen LogP) is 3.70. The van der Waals surface area contributed by atoms with Crippen LogP contribution in [0, 0.1) is 5.82 Å². The largest absolute Gasteiger partial charge is 0.308 e. The molecule has 0 bridgehead atoms. The molecule has 1 aromatic heterocycles. The van der Waals surface area contributed by atoms with Crippen molar-refractivity contribution in [3.05, 3.63) is 44.6 Å². The fourth-order valence-electron chi connectivity index (χ4n) is 2.01. The zero-order valence-electron chi connectivity index (χ0n) is 10.8. The van der Waals surface area contributed by atoms with Crippen LogP contribution in [0.15, 0.2) is 22.7 Å². The first-order valence-corrected chi connectivity index (χ1v) is 7.67. The van der Waals surface area contributed by atoms with Crippen LogP contribution < -0.4 is 5.32 Å². The predicted molar refractivity (Wildman–Crippen MR) is 78.9 cm³/mol. The highest BCUT2D eigenvalue weighted by Gasteiger charge is 2.22. The Morgan fingerprint density at radius 1 is 1.47 bits per heavy atom. The van der Waals surface area contributed by atoms with E-state index in [0.717, 1.165) is 27.9 Å². The summed E-state index contributed by atoms with van der Waals surface area (Å²) >= 11 is 4.71. The van der Waals surface area contributed by atoms with E-state index in [1.165, 1.54) is 17.6 Å². The highest BCUT2D eigenvalue weighted by molar-refractivity contribution is 9.10. The van der Waals surface area contributed by atoms with Gasteiger partial charge in [0.15, 0.2) is 0 Å². The lowest BCUT2D eigenvalue weighted by atomic mass is 10.0. The smallest absolute Gasteiger partial charge is 0.128 e. The van der Waals surface area contributed by atoms with Crippen LogP contribution in [0.2, 0.25) is 0 Å². The van der Waals surface area contributed by atoms with Gasteiger partial charge in [-0.3, -0.25) is 0 Å². The molecule has 0 saturated heterocycles. The Labute approximate surface area is 124 Å². The van der Waals surface area contributed by atoms with E-state index in [-0.39, 0.29) is 11.9 Å². The van der Waals surface area contributed by atoms with Crippen molar-refractivity contribution in [1.82, 2.24) is 14.9 Å². The van der Waals surface area contributed by atoms with Gasteiger partial charge in [-0.15, -0.1) is 5.10 Å². The van der Waals surface area contributed by atoms with Crippen LogP contribution in [0.25, 0.3) is 0 Å². The van der Waals surface area contributed by atoms with Gasteiger partial charge in [0.05, 0.1) is 16.6 Å². The third kappa shape index (κ3) is 3.19.